The minimum Gasteiger partial charge on any atom is -0.496 e. The number of carbonyl (C=O) groups excluding carboxylic acids is 1. The minimum atomic E-state index is -0.225. The third-order valence-corrected chi connectivity index (χ3v) is 3.06. The van der Waals surface area contributed by atoms with Gasteiger partial charge in [0.2, 0.25) is 5.78 Å². The van der Waals surface area contributed by atoms with Gasteiger partial charge in [-0.3, -0.25) is 4.79 Å². The van der Waals surface area contributed by atoms with E-state index in [-0.39, 0.29) is 11.6 Å². The first-order chi connectivity index (χ1) is 9.04. The molecule has 0 fully saturated rings. The van der Waals surface area contributed by atoms with Gasteiger partial charge in [-0.1, -0.05) is 11.6 Å². The van der Waals surface area contributed by atoms with Gasteiger partial charge in [-0.05, 0) is 36.8 Å². The molecule has 1 aromatic heterocycles. The van der Waals surface area contributed by atoms with Gasteiger partial charge in [0.05, 0.1) is 18.2 Å². The van der Waals surface area contributed by atoms with E-state index >= 15 is 0 Å². The van der Waals surface area contributed by atoms with Crippen LogP contribution in [-0.4, -0.2) is 17.9 Å². The largest absolute Gasteiger partial charge is 0.496 e. The lowest BCUT2D eigenvalue weighted by atomic mass is 9.99. The van der Waals surface area contributed by atoms with Crippen LogP contribution in [0.2, 0.25) is 5.02 Å². The molecular weight excluding hydrogens is 264 g/mol. The standard InChI is InChI=1S/C14H13ClN2O2/c1-8-5-6-17-14(16)12(8)13(18)10-4-3-9(15)7-11(10)19-2/h3-7H,1-2H3,(H2,16,17). The highest BCUT2D eigenvalue weighted by atomic mass is 35.5. The second-order valence-electron chi connectivity index (χ2n) is 4.06. The van der Waals surface area contributed by atoms with Gasteiger partial charge in [0.1, 0.15) is 11.6 Å². The summed E-state index contributed by atoms with van der Waals surface area (Å²) in [4.78, 5) is 16.5. The molecule has 0 saturated carbocycles. The molecule has 98 valence electrons. The Kier molecular flexibility index (Phi) is 3.71. The van der Waals surface area contributed by atoms with Crippen molar-refractivity contribution in [1.29, 1.82) is 0 Å². The number of benzene rings is 1. The predicted octanol–water partition coefficient (Wildman–Crippen LogP) is 2.87. The summed E-state index contributed by atoms with van der Waals surface area (Å²) in [6, 6.07) is 6.59. The molecule has 0 amide bonds. The number of pyridine rings is 1. The van der Waals surface area contributed by atoms with Crippen LogP contribution >= 0.6 is 11.6 Å². The summed E-state index contributed by atoms with van der Waals surface area (Å²) in [6.07, 6.45) is 1.57. The SMILES string of the molecule is COc1cc(Cl)ccc1C(=O)c1c(C)ccnc1N. The topological polar surface area (TPSA) is 65.2 Å². The number of anilines is 1. The highest BCUT2D eigenvalue weighted by Crippen LogP contribution is 2.27. The van der Waals surface area contributed by atoms with Gasteiger partial charge in [0, 0.05) is 11.2 Å². The van der Waals surface area contributed by atoms with Gasteiger partial charge in [-0.25, -0.2) is 4.98 Å². The fourth-order valence-corrected chi connectivity index (χ4v) is 2.02. The fraction of sp³-hybridized carbons (Fsp3) is 0.143. The summed E-state index contributed by atoms with van der Waals surface area (Å²) >= 11 is 5.88. The molecule has 5 heteroatoms. The average molecular weight is 277 g/mol. The Morgan fingerprint density at radius 2 is 2.11 bits per heavy atom. The van der Waals surface area contributed by atoms with E-state index in [0.717, 1.165) is 5.56 Å². The van der Waals surface area contributed by atoms with Gasteiger partial charge in [-0.15, -0.1) is 0 Å². The first-order valence-corrected chi connectivity index (χ1v) is 6.01. The van der Waals surface area contributed by atoms with Crippen molar-refractivity contribution in [1.82, 2.24) is 4.98 Å². The van der Waals surface area contributed by atoms with Crippen LogP contribution in [0.15, 0.2) is 30.5 Å². The third kappa shape index (κ3) is 2.53. The molecule has 0 atom stereocenters. The number of ether oxygens (including phenoxy) is 1. The summed E-state index contributed by atoms with van der Waals surface area (Å²) in [6.45, 7) is 1.81. The first-order valence-electron chi connectivity index (χ1n) is 5.64. The van der Waals surface area contributed by atoms with Gasteiger partial charge in [0.25, 0.3) is 0 Å². The monoisotopic (exact) mass is 276 g/mol. The zero-order valence-corrected chi connectivity index (χ0v) is 11.4. The lowest BCUT2D eigenvalue weighted by Crippen LogP contribution is -2.10. The van der Waals surface area contributed by atoms with E-state index < -0.39 is 0 Å². The Hall–Kier alpha value is -2.07. The van der Waals surface area contributed by atoms with Crippen molar-refractivity contribution in [2.45, 2.75) is 6.92 Å². The Morgan fingerprint density at radius 1 is 1.37 bits per heavy atom. The number of nitrogens with zero attached hydrogens (tertiary/aromatic N) is 1. The number of nitrogens with two attached hydrogens (primary N) is 1. The van der Waals surface area contributed by atoms with Crippen LogP contribution in [0.3, 0.4) is 0 Å². The van der Waals surface area contributed by atoms with Crippen molar-refractivity contribution in [3.63, 3.8) is 0 Å². The Balaban J connectivity index is 2.56. The summed E-state index contributed by atoms with van der Waals surface area (Å²) in [5.41, 5.74) is 7.36. The number of ketones is 1. The zero-order chi connectivity index (χ0) is 14.0. The van der Waals surface area contributed by atoms with Crippen molar-refractivity contribution < 1.29 is 9.53 Å². The summed E-state index contributed by atoms with van der Waals surface area (Å²) in [7, 11) is 1.49. The molecule has 0 unspecified atom stereocenters. The molecule has 0 radical (unpaired) electrons. The number of halogens is 1. The molecule has 4 nitrogen and oxygen atoms in total. The van der Waals surface area contributed by atoms with Crippen LogP contribution in [-0.2, 0) is 0 Å². The highest BCUT2D eigenvalue weighted by Gasteiger charge is 2.19. The molecule has 0 spiro atoms. The summed E-state index contributed by atoms with van der Waals surface area (Å²) < 4.78 is 5.18. The number of aryl methyl sites for hydroxylation is 1. The Morgan fingerprint density at radius 3 is 2.74 bits per heavy atom. The number of aromatic nitrogens is 1. The van der Waals surface area contributed by atoms with Crippen LogP contribution in [0.25, 0.3) is 0 Å². The van der Waals surface area contributed by atoms with Gasteiger partial charge >= 0.3 is 0 Å². The Bertz CT molecular complexity index is 621. The lowest BCUT2D eigenvalue weighted by Gasteiger charge is -2.11. The summed E-state index contributed by atoms with van der Waals surface area (Å²) in [5.74, 6) is 0.402. The third-order valence-electron chi connectivity index (χ3n) is 2.82. The molecular formula is C14H13ClN2O2. The van der Waals surface area contributed by atoms with Gasteiger partial charge in [-0.2, -0.15) is 0 Å². The molecule has 2 N–H and O–H groups in total. The predicted molar refractivity (Wildman–Crippen MR) is 74.8 cm³/mol. The number of hydrogen-bond donors (Lipinski definition) is 1. The molecule has 2 aromatic rings. The van der Waals surface area contributed by atoms with Crippen LogP contribution < -0.4 is 10.5 Å². The normalized spacial score (nSPS) is 10.3. The van der Waals surface area contributed by atoms with Gasteiger partial charge in [0.15, 0.2) is 0 Å². The number of rotatable bonds is 3. The molecule has 19 heavy (non-hydrogen) atoms. The van der Waals surface area contributed by atoms with Crippen LogP contribution in [0.4, 0.5) is 5.82 Å². The van der Waals surface area contributed by atoms with Crippen molar-refractivity contribution >= 4 is 23.2 Å². The van der Waals surface area contributed by atoms with E-state index in [9.17, 15) is 4.79 Å². The van der Waals surface area contributed by atoms with E-state index in [2.05, 4.69) is 4.98 Å². The quantitative estimate of drug-likeness (QED) is 0.876. The van der Waals surface area contributed by atoms with E-state index in [1.165, 1.54) is 7.11 Å². The van der Waals surface area contributed by atoms with E-state index in [1.807, 2.05) is 6.92 Å². The van der Waals surface area contributed by atoms with Gasteiger partial charge < -0.3 is 10.5 Å². The zero-order valence-electron chi connectivity index (χ0n) is 10.6. The van der Waals surface area contributed by atoms with Crippen LogP contribution in [0.5, 0.6) is 5.75 Å². The smallest absolute Gasteiger partial charge is 0.200 e. The van der Waals surface area contributed by atoms with Crippen molar-refractivity contribution in [3.05, 3.63) is 52.2 Å². The number of hydrogen-bond acceptors (Lipinski definition) is 4. The molecule has 2 rings (SSSR count). The second-order valence-corrected chi connectivity index (χ2v) is 4.50. The molecule has 1 aromatic carbocycles. The molecule has 0 aliphatic heterocycles. The fourth-order valence-electron chi connectivity index (χ4n) is 1.86. The Labute approximate surface area is 116 Å². The molecule has 0 aliphatic carbocycles. The number of nitrogen functional groups attached to an aromatic ring is 1. The van der Waals surface area contributed by atoms with Crippen molar-refractivity contribution in [2.75, 3.05) is 12.8 Å². The first kappa shape index (κ1) is 13.4. The van der Waals surface area contributed by atoms with Crippen molar-refractivity contribution in [2.24, 2.45) is 0 Å². The number of carbonyl (C=O) groups is 1. The maximum Gasteiger partial charge on any atom is 0.200 e. The highest BCUT2D eigenvalue weighted by molar-refractivity contribution is 6.31. The lowest BCUT2D eigenvalue weighted by molar-refractivity contribution is 0.103. The number of methoxy groups -OCH3 is 1. The van der Waals surface area contributed by atoms with E-state index in [0.29, 0.717) is 21.9 Å². The molecule has 1 heterocycles. The van der Waals surface area contributed by atoms with E-state index in [1.54, 1.807) is 30.5 Å². The van der Waals surface area contributed by atoms with Crippen LogP contribution in [0.1, 0.15) is 21.5 Å². The maximum atomic E-state index is 12.5. The van der Waals surface area contributed by atoms with Crippen LogP contribution in [0, 0.1) is 6.92 Å². The molecule has 0 aliphatic rings. The molecule has 0 bridgehead atoms. The molecule has 0 saturated heterocycles. The van der Waals surface area contributed by atoms with E-state index in [4.69, 9.17) is 22.1 Å². The average Bonchev–Trinajstić information content (AvgIpc) is 2.38. The summed E-state index contributed by atoms with van der Waals surface area (Å²) in [5, 5.41) is 0.504. The second kappa shape index (κ2) is 5.28. The maximum absolute atomic E-state index is 12.5. The van der Waals surface area contributed by atoms with Crippen molar-refractivity contribution in [3.8, 4) is 5.75 Å². The minimum absolute atomic E-state index is 0.210.